The van der Waals surface area contributed by atoms with Gasteiger partial charge in [-0.2, -0.15) is 15.3 Å². The van der Waals surface area contributed by atoms with Gasteiger partial charge >= 0.3 is 0 Å². The summed E-state index contributed by atoms with van der Waals surface area (Å²) in [7, 11) is -1.78. The van der Waals surface area contributed by atoms with Crippen LogP contribution < -0.4 is 73.1 Å². The first kappa shape index (κ1) is 96.0. The molecule has 0 unspecified atom stereocenters. The molecule has 0 N–H and O–H groups in total. The number of rotatable bonds is 18. The summed E-state index contributed by atoms with van der Waals surface area (Å²) in [5.74, 6) is 9.40. The third-order valence-corrected chi connectivity index (χ3v) is 30.5. The molecule has 0 fully saturated rings. The van der Waals surface area contributed by atoms with E-state index in [2.05, 4.69) is 425 Å². The number of fused-ring (bicyclic) bond motifs is 2. The summed E-state index contributed by atoms with van der Waals surface area (Å²) in [5.41, 5.74) is 10.8. The summed E-state index contributed by atoms with van der Waals surface area (Å²) in [6.07, 6.45) is 10.1. The molecule has 0 spiro atoms. The Morgan fingerprint density at radius 3 is 0.733 bits per heavy atom. The van der Waals surface area contributed by atoms with Gasteiger partial charge in [-0.05, 0) is 212 Å². The molecule has 0 aliphatic heterocycles. The van der Waals surface area contributed by atoms with Gasteiger partial charge in [0.05, 0.1) is 41.4 Å². The topological polar surface area (TPSA) is 122 Å². The first-order valence-electron chi connectivity index (χ1n) is 43.1. The molecule has 0 saturated heterocycles. The molecular formula is C114H100AlClN6O4P4Pd. The Hall–Kier alpha value is -12.6. The molecule has 0 radical (unpaired) electrons. The minimum atomic E-state index is -0.446. The number of aromatic nitrogens is 6. The van der Waals surface area contributed by atoms with E-state index in [4.69, 9.17) is 29.9 Å². The van der Waals surface area contributed by atoms with Crippen molar-refractivity contribution in [2.75, 3.05) is 0 Å². The van der Waals surface area contributed by atoms with Crippen LogP contribution in [0.3, 0.4) is 0 Å². The van der Waals surface area contributed by atoms with Crippen LogP contribution in [0, 0.1) is 34.6 Å². The summed E-state index contributed by atoms with van der Waals surface area (Å²) in [6.45, 7) is 10.0. The van der Waals surface area contributed by atoms with Gasteiger partial charge in [-0.1, -0.05) is 388 Å². The molecular weight excluding hydrogens is 1810 g/mol. The fourth-order valence-corrected chi connectivity index (χ4v) is 24.1. The maximum absolute atomic E-state index is 6.23. The molecule has 0 aliphatic carbocycles. The average Bonchev–Trinajstić information content (AvgIpc) is 1.77. The van der Waals surface area contributed by atoms with Gasteiger partial charge in [0.2, 0.25) is 11.8 Å². The molecule has 0 atom stereocenters. The summed E-state index contributed by atoms with van der Waals surface area (Å²) in [6, 6.07) is 148. The average molecular weight is 1910 g/mol. The van der Waals surface area contributed by atoms with Gasteiger partial charge in [-0.3, -0.25) is 0 Å². The number of halogens is 1. The maximum Gasteiger partial charge on any atom is 0.251 e. The Balaban J connectivity index is 0.000000133. The molecule has 0 amide bonds. The number of hydrogen-bond donors (Lipinski definition) is 0. The number of pyridine rings is 2. The maximum atomic E-state index is 6.23. The molecule has 6 heterocycles. The number of ether oxygens (including phenoxy) is 2. The van der Waals surface area contributed by atoms with Crippen molar-refractivity contribution < 1.29 is 38.7 Å². The second-order valence-electron chi connectivity index (χ2n) is 30.8. The summed E-state index contributed by atoms with van der Waals surface area (Å²) in [5, 5.41) is 34.8. The zero-order chi connectivity index (χ0) is 90.0. The van der Waals surface area contributed by atoms with Crippen LogP contribution >= 0.6 is 43.3 Å². The normalized spacial score (nSPS) is 10.5. The van der Waals surface area contributed by atoms with E-state index in [9.17, 15) is 0 Å². The number of hydrogen-bond acceptors (Lipinski definition) is 10. The van der Waals surface area contributed by atoms with Gasteiger partial charge in [0.25, 0.3) is 14.1 Å². The standard InChI is InChI=1S/C20H17N3O2.C19H14ClN3O2.4C18H15P.3CH3.Al.Pd/c1-12-10-15(25-20-17-7-9-24-18(17)6-8-21-20)4-5-16(12)19-13(2)11-22-23-14(19)3;1-11-9-13(25-19-15-6-8-24-16(15)5-7-21-19)3-4-14(11)17-12(2)10-22-23-18(17)20;4*1-4-10-16(11-5-1)19(17-12-6-2-7-13-17)18-14-8-3-9-15-18;;;;;/h4-11H,1-3H3;3-10H,1-2H3;4*1-15H;3*1H3;;. The van der Waals surface area contributed by atoms with E-state index >= 15 is 0 Å². The predicted molar refractivity (Wildman–Crippen MR) is 556 cm³/mol. The molecule has 650 valence electrons. The molecule has 17 heteroatoms. The van der Waals surface area contributed by atoms with Crippen LogP contribution in [0.2, 0.25) is 22.5 Å². The van der Waals surface area contributed by atoms with Crippen LogP contribution in [0.5, 0.6) is 23.3 Å². The Morgan fingerprint density at radius 2 is 0.504 bits per heavy atom. The van der Waals surface area contributed by atoms with Crippen molar-refractivity contribution in [1.82, 2.24) is 30.4 Å². The molecule has 14 aromatic carbocycles. The molecule has 20 aromatic rings. The zero-order valence-electron chi connectivity index (χ0n) is 74.3. The van der Waals surface area contributed by atoms with Crippen molar-refractivity contribution in [2.24, 2.45) is 0 Å². The van der Waals surface area contributed by atoms with E-state index in [1.807, 2.05) is 76.2 Å². The van der Waals surface area contributed by atoms with E-state index in [1.54, 1.807) is 43.4 Å². The Kier molecular flexibility index (Phi) is 36.6. The van der Waals surface area contributed by atoms with Crippen molar-refractivity contribution in [3.63, 3.8) is 0 Å². The van der Waals surface area contributed by atoms with Crippen molar-refractivity contribution in [3.8, 4) is 45.5 Å². The first-order chi connectivity index (χ1) is 63.8. The van der Waals surface area contributed by atoms with Crippen LogP contribution in [0.15, 0.2) is 471 Å². The molecule has 10 nitrogen and oxygen atoms in total. The van der Waals surface area contributed by atoms with E-state index < -0.39 is 31.7 Å². The van der Waals surface area contributed by atoms with E-state index in [0.29, 0.717) is 22.7 Å². The summed E-state index contributed by atoms with van der Waals surface area (Å²) < 4.78 is 22.7. The predicted octanol–water partition coefficient (Wildman–Crippen LogP) is 25.5. The first-order valence-corrected chi connectivity index (χ1v) is 52.3. The molecule has 0 bridgehead atoms. The van der Waals surface area contributed by atoms with Gasteiger partial charge in [0.15, 0.2) is 5.15 Å². The van der Waals surface area contributed by atoms with Crippen molar-refractivity contribution in [3.05, 3.63) is 495 Å². The third-order valence-electron chi connectivity index (χ3n) is 20.4. The minimum Gasteiger partial charge on any atom is -0.464 e. The largest absolute Gasteiger partial charge is 0.464 e. The SMILES string of the molecule is Cc1cc(Oc2nccc3occc23)ccc1-c1c(C)cnnc1C.Cc1cc(Oc2nccc3occc23)ccc1-c1c(C)cnnc1Cl.[CH3][Al]([CH3])[CH3].[Pd].c1ccc(P(c2ccccc2)c2ccccc2)cc1.c1ccc(P(c2ccccc2)c2ccccc2)cc1.c1ccc(P(c2ccccc2)c2ccccc2)cc1.c1ccc(P(c2ccccc2)c2ccccc2)cc1. The Morgan fingerprint density at radius 1 is 0.275 bits per heavy atom. The summed E-state index contributed by atoms with van der Waals surface area (Å²) >= 11 is 6.09. The van der Waals surface area contributed by atoms with E-state index in [0.717, 1.165) is 77.9 Å². The fraction of sp³-hybridized carbons (Fsp3) is 0.0702. The van der Waals surface area contributed by atoms with E-state index in [1.165, 1.54) is 63.7 Å². The monoisotopic (exact) mass is 1910 g/mol. The quantitative estimate of drug-likeness (QED) is 0.0606. The van der Waals surface area contributed by atoms with Crippen molar-refractivity contribution >= 4 is 143 Å². The fourth-order valence-electron chi connectivity index (χ4n) is 14.6. The molecule has 0 aliphatic rings. The van der Waals surface area contributed by atoms with Crippen molar-refractivity contribution in [1.29, 1.82) is 0 Å². The van der Waals surface area contributed by atoms with Gasteiger partial charge in [0, 0.05) is 43.9 Å². The van der Waals surface area contributed by atoms with Gasteiger partial charge in [0.1, 0.15) is 22.7 Å². The van der Waals surface area contributed by atoms with Gasteiger partial charge < -0.3 is 18.3 Å². The van der Waals surface area contributed by atoms with Crippen LogP contribution in [0.4, 0.5) is 0 Å². The van der Waals surface area contributed by atoms with E-state index in [-0.39, 0.29) is 34.6 Å². The molecule has 131 heavy (non-hydrogen) atoms. The van der Waals surface area contributed by atoms with Crippen LogP contribution in [-0.4, -0.2) is 44.5 Å². The van der Waals surface area contributed by atoms with Gasteiger partial charge in [-0.15, -0.1) is 22.5 Å². The Bertz CT molecular complexity index is 5740. The Labute approximate surface area is 798 Å². The second kappa shape index (κ2) is 50.0. The zero-order valence-corrected chi connectivity index (χ0v) is 81.3. The smallest absolute Gasteiger partial charge is 0.251 e. The number of nitrogens with zero attached hydrogens (tertiary/aromatic N) is 6. The minimum absolute atomic E-state index is 0. The second-order valence-corrected chi connectivity index (χ2v) is 43.5. The van der Waals surface area contributed by atoms with Crippen LogP contribution in [0.1, 0.15) is 27.9 Å². The van der Waals surface area contributed by atoms with Crippen LogP contribution in [0.25, 0.3) is 44.2 Å². The molecule has 0 saturated carbocycles. The molecule has 6 aromatic heterocycles. The summed E-state index contributed by atoms with van der Waals surface area (Å²) in [4.78, 5) is 8.60. The number of furan rings is 2. The number of aryl methyl sites for hydroxylation is 5. The van der Waals surface area contributed by atoms with Crippen molar-refractivity contribution in [2.45, 2.75) is 52.0 Å². The number of benzene rings is 14. The third kappa shape index (κ3) is 26.8. The molecule has 20 rings (SSSR count). The van der Waals surface area contributed by atoms with Gasteiger partial charge in [-0.25, -0.2) is 9.97 Å². The van der Waals surface area contributed by atoms with Crippen LogP contribution in [-0.2, 0) is 20.4 Å².